The van der Waals surface area contributed by atoms with Crippen LogP contribution >= 0.6 is 0 Å². The van der Waals surface area contributed by atoms with Crippen LogP contribution in [0.4, 0.5) is 0 Å². The Morgan fingerprint density at radius 3 is 1.75 bits per heavy atom. The molecule has 3 aromatic heterocycles. The summed E-state index contributed by atoms with van der Waals surface area (Å²) in [6, 6.07) is 60.9. The number of benzene rings is 7. The first-order chi connectivity index (χ1) is 26.1. The van der Waals surface area contributed by atoms with Crippen molar-refractivity contribution >= 4 is 43.6 Å². The molecule has 0 saturated carbocycles. The molecule has 10 aromatic rings. The zero-order chi connectivity index (χ0) is 35.3. The lowest BCUT2D eigenvalue weighted by Gasteiger charge is -2.22. The maximum Gasteiger partial charge on any atom is 0.162 e. The van der Waals surface area contributed by atoms with Crippen LogP contribution in [0.3, 0.4) is 0 Å². The van der Waals surface area contributed by atoms with Gasteiger partial charge in [0, 0.05) is 49.3 Å². The Balaban J connectivity index is 1.23. The summed E-state index contributed by atoms with van der Waals surface area (Å²) in [5.41, 5.74) is 14.3. The van der Waals surface area contributed by atoms with Crippen LogP contribution in [0.1, 0.15) is 25.1 Å². The molecule has 0 spiro atoms. The second-order valence-corrected chi connectivity index (χ2v) is 14.6. The molecule has 11 rings (SSSR count). The molecule has 0 saturated heterocycles. The third-order valence-corrected chi connectivity index (χ3v) is 11.3. The van der Waals surface area contributed by atoms with Gasteiger partial charge in [-0.3, -0.25) is 0 Å². The van der Waals surface area contributed by atoms with Crippen LogP contribution in [0.2, 0.25) is 0 Å². The summed E-state index contributed by atoms with van der Waals surface area (Å²) in [7, 11) is 0. The zero-order valence-corrected chi connectivity index (χ0v) is 29.5. The molecule has 0 fully saturated rings. The van der Waals surface area contributed by atoms with E-state index in [1.165, 1.54) is 43.7 Å². The number of aromatic nitrogens is 4. The van der Waals surface area contributed by atoms with Gasteiger partial charge < -0.3 is 9.13 Å². The molecule has 0 N–H and O–H groups in total. The molecular weight excluding hydrogens is 645 g/mol. The molecule has 0 radical (unpaired) electrons. The Morgan fingerprint density at radius 1 is 0.453 bits per heavy atom. The smallest absolute Gasteiger partial charge is 0.162 e. The van der Waals surface area contributed by atoms with E-state index >= 15 is 0 Å². The second kappa shape index (κ2) is 11.1. The van der Waals surface area contributed by atoms with Crippen molar-refractivity contribution in [1.29, 1.82) is 0 Å². The number of para-hydroxylation sites is 4. The minimum Gasteiger partial charge on any atom is -0.309 e. The van der Waals surface area contributed by atoms with Crippen LogP contribution in [0.5, 0.6) is 0 Å². The maximum absolute atomic E-state index is 5.51. The van der Waals surface area contributed by atoms with E-state index in [0.29, 0.717) is 0 Å². The highest BCUT2D eigenvalue weighted by molar-refractivity contribution is 6.19. The molecular formula is C49H34N4. The lowest BCUT2D eigenvalue weighted by molar-refractivity contribution is 0.636. The van der Waals surface area contributed by atoms with E-state index in [1.54, 1.807) is 0 Å². The van der Waals surface area contributed by atoms with Crippen molar-refractivity contribution in [2.45, 2.75) is 19.3 Å². The highest BCUT2D eigenvalue weighted by Gasteiger charge is 2.39. The summed E-state index contributed by atoms with van der Waals surface area (Å²) in [6.07, 6.45) is 0. The van der Waals surface area contributed by atoms with Gasteiger partial charge in [0.2, 0.25) is 0 Å². The summed E-state index contributed by atoms with van der Waals surface area (Å²) in [5, 5.41) is 4.92. The van der Waals surface area contributed by atoms with E-state index in [2.05, 4.69) is 193 Å². The average molecular weight is 679 g/mol. The van der Waals surface area contributed by atoms with Gasteiger partial charge in [-0.05, 0) is 59.7 Å². The molecule has 4 heteroatoms. The van der Waals surface area contributed by atoms with Gasteiger partial charge in [-0.25, -0.2) is 9.97 Å². The van der Waals surface area contributed by atoms with E-state index in [4.69, 9.17) is 9.97 Å². The largest absolute Gasteiger partial charge is 0.309 e. The van der Waals surface area contributed by atoms with Crippen LogP contribution in [0, 0.1) is 0 Å². The number of hydrogen-bond acceptors (Lipinski definition) is 2. The first kappa shape index (κ1) is 29.9. The maximum atomic E-state index is 5.51. The molecule has 3 heterocycles. The van der Waals surface area contributed by atoms with Gasteiger partial charge in [0.15, 0.2) is 5.82 Å². The fraction of sp³-hybridized carbons (Fsp3) is 0.0612. The Bertz CT molecular complexity index is 3080. The van der Waals surface area contributed by atoms with Crippen molar-refractivity contribution in [2.24, 2.45) is 0 Å². The summed E-state index contributed by atoms with van der Waals surface area (Å²) in [6.45, 7) is 4.58. The van der Waals surface area contributed by atoms with Crippen LogP contribution in [0.15, 0.2) is 170 Å². The normalized spacial score (nSPS) is 13.2. The van der Waals surface area contributed by atoms with Gasteiger partial charge in [0.05, 0.1) is 39.1 Å². The minimum absolute atomic E-state index is 0.286. The lowest BCUT2D eigenvalue weighted by atomic mass is 9.85. The molecule has 0 aliphatic heterocycles. The van der Waals surface area contributed by atoms with Gasteiger partial charge in [0.25, 0.3) is 0 Å². The minimum atomic E-state index is -0.286. The second-order valence-electron chi connectivity index (χ2n) is 14.6. The van der Waals surface area contributed by atoms with Crippen molar-refractivity contribution in [3.05, 3.63) is 181 Å². The van der Waals surface area contributed by atoms with E-state index in [-0.39, 0.29) is 5.41 Å². The molecule has 250 valence electrons. The molecule has 0 atom stereocenters. The Hall–Kier alpha value is -6.78. The van der Waals surface area contributed by atoms with Crippen LogP contribution in [-0.4, -0.2) is 19.1 Å². The van der Waals surface area contributed by atoms with Gasteiger partial charge in [-0.2, -0.15) is 0 Å². The highest BCUT2D eigenvalue weighted by Crippen LogP contribution is 2.51. The summed E-state index contributed by atoms with van der Waals surface area (Å²) >= 11 is 0. The van der Waals surface area contributed by atoms with Crippen LogP contribution in [-0.2, 0) is 5.41 Å². The molecule has 7 aromatic carbocycles. The Labute approximate surface area is 307 Å². The van der Waals surface area contributed by atoms with Crippen molar-refractivity contribution in [2.75, 3.05) is 0 Å². The molecule has 53 heavy (non-hydrogen) atoms. The quantitative estimate of drug-likeness (QED) is 0.186. The Morgan fingerprint density at radius 2 is 1.02 bits per heavy atom. The average Bonchev–Trinajstić information content (AvgIpc) is 3.80. The molecule has 0 amide bonds. The van der Waals surface area contributed by atoms with E-state index in [0.717, 1.165) is 56.3 Å². The van der Waals surface area contributed by atoms with Gasteiger partial charge in [-0.1, -0.05) is 135 Å². The predicted octanol–water partition coefficient (Wildman–Crippen LogP) is 12.3. The summed E-state index contributed by atoms with van der Waals surface area (Å²) < 4.78 is 4.82. The van der Waals surface area contributed by atoms with Gasteiger partial charge in [0.1, 0.15) is 0 Å². The third kappa shape index (κ3) is 4.24. The Kier molecular flexibility index (Phi) is 6.27. The molecule has 1 aliphatic rings. The van der Waals surface area contributed by atoms with Crippen LogP contribution in [0.25, 0.3) is 88.8 Å². The number of rotatable bonds is 4. The zero-order valence-electron chi connectivity index (χ0n) is 29.5. The lowest BCUT2D eigenvalue weighted by Crippen LogP contribution is -2.17. The summed E-state index contributed by atoms with van der Waals surface area (Å²) in [4.78, 5) is 11.0. The van der Waals surface area contributed by atoms with Crippen molar-refractivity contribution in [3.63, 3.8) is 0 Å². The molecule has 4 nitrogen and oxygen atoms in total. The number of hydrogen-bond donors (Lipinski definition) is 0. The van der Waals surface area contributed by atoms with Crippen molar-refractivity contribution < 1.29 is 0 Å². The predicted molar refractivity (Wildman–Crippen MR) is 219 cm³/mol. The van der Waals surface area contributed by atoms with E-state index in [9.17, 15) is 0 Å². The van der Waals surface area contributed by atoms with Gasteiger partial charge in [-0.15, -0.1) is 0 Å². The standard InChI is InChI=1S/C49H34N4/c1-49(2)39-25-13-9-23-35(39)45-46(31-17-5-3-6-18-31)50-48(51-47(45)49)36-24-12-16-28-42(36)53-41-27-15-11-22-34(41)38-29-37-33-21-10-14-26-40(33)52(43(37)30-44(38)53)32-19-7-4-8-20-32/h3-30H,1-2H3. The highest BCUT2D eigenvalue weighted by atomic mass is 15.0. The molecule has 1 aliphatic carbocycles. The van der Waals surface area contributed by atoms with Gasteiger partial charge >= 0.3 is 0 Å². The van der Waals surface area contributed by atoms with Crippen LogP contribution < -0.4 is 0 Å². The molecule has 0 unspecified atom stereocenters. The first-order valence-electron chi connectivity index (χ1n) is 18.3. The summed E-state index contributed by atoms with van der Waals surface area (Å²) in [5.74, 6) is 0.726. The van der Waals surface area contributed by atoms with E-state index < -0.39 is 0 Å². The van der Waals surface area contributed by atoms with Crippen molar-refractivity contribution in [1.82, 2.24) is 19.1 Å². The number of fused-ring (bicyclic) bond motifs is 9. The monoisotopic (exact) mass is 678 g/mol. The van der Waals surface area contributed by atoms with Crippen molar-refractivity contribution in [3.8, 4) is 45.1 Å². The SMILES string of the molecule is CC1(C)c2ccccc2-c2c(-c3ccccc3)nc(-c3ccccc3-n3c4ccccc4c4cc5c6ccccc6n(-c6ccccc6)c5cc43)nc21. The number of nitrogens with zero attached hydrogens (tertiary/aromatic N) is 4. The first-order valence-corrected chi connectivity index (χ1v) is 18.3. The fourth-order valence-corrected chi connectivity index (χ4v) is 8.87. The topological polar surface area (TPSA) is 35.6 Å². The molecule has 0 bridgehead atoms. The third-order valence-electron chi connectivity index (χ3n) is 11.3. The van der Waals surface area contributed by atoms with E-state index in [1.807, 2.05) is 0 Å². The fourth-order valence-electron chi connectivity index (χ4n) is 8.87.